The second-order valence-corrected chi connectivity index (χ2v) is 5.61. The SMILES string of the molecule is NCC1CCCCN1C(=O)COc1ccccc1OCC(F)(F)F. The van der Waals surface area contributed by atoms with Crippen molar-refractivity contribution in [1.29, 1.82) is 0 Å². The van der Waals surface area contributed by atoms with Crippen LogP contribution >= 0.6 is 0 Å². The summed E-state index contributed by atoms with van der Waals surface area (Å²) in [6, 6.07) is 5.97. The van der Waals surface area contributed by atoms with E-state index in [0.29, 0.717) is 13.1 Å². The molecule has 0 bridgehead atoms. The van der Waals surface area contributed by atoms with E-state index in [2.05, 4.69) is 0 Å². The van der Waals surface area contributed by atoms with Crippen molar-refractivity contribution in [2.75, 3.05) is 26.3 Å². The summed E-state index contributed by atoms with van der Waals surface area (Å²) in [5, 5.41) is 0. The fourth-order valence-corrected chi connectivity index (χ4v) is 2.64. The lowest BCUT2D eigenvalue weighted by Crippen LogP contribution is -2.49. The topological polar surface area (TPSA) is 64.8 Å². The highest BCUT2D eigenvalue weighted by Gasteiger charge is 2.29. The van der Waals surface area contributed by atoms with Gasteiger partial charge in [0, 0.05) is 19.1 Å². The second kappa shape index (κ2) is 8.23. The van der Waals surface area contributed by atoms with Gasteiger partial charge in [0.05, 0.1) is 0 Å². The van der Waals surface area contributed by atoms with Crippen molar-refractivity contribution in [3.63, 3.8) is 0 Å². The first-order valence-corrected chi connectivity index (χ1v) is 7.81. The average molecular weight is 346 g/mol. The number of para-hydroxylation sites is 2. The number of ether oxygens (including phenoxy) is 2. The number of rotatable bonds is 6. The van der Waals surface area contributed by atoms with E-state index in [1.807, 2.05) is 0 Å². The van der Waals surface area contributed by atoms with Crippen molar-refractivity contribution in [3.05, 3.63) is 24.3 Å². The smallest absolute Gasteiger partial charge is 0.422 e. The Morgan fingerprint density at radius 3 is 2.50 bits per heavy atom. The molecule has 1 heterocycles. The lowest BCUT2D eigenvalue weighted by molar-refractivity contribution is -0.153. The van der Waals surface area contributed by atoms with Gasteiger partial charge in [-0.05, 0) is 31.4 Å². The number of alkyl halides is 3. The molecule has 1 aromatic carbocycles. The predicted molar refractivity (Wildman–Crippen MR) is 81.9 cm³/mol. The molecule has 0 radical (unpaired) electrons. The maximum absolute atomic E-state index is 12.3. The van der Waals surface area contributed by atoms with E-state index in [9.17, 15) is 18.0 Å². The largest absolute Gasteiger partial charge is 0.480 e. The maximum Gasteiger partial charge on any atom is 0.422 e. The van der Waals surface area contributed by atoms with Crippen molar-refractivity contribution >= 4 is 5.91 Å². The number of hydrogen-bond donors (Lipinski definition) is 1. The zero-order valence-electron chi connectivity index (χ0n) is 13.2. The summed E-state index contributed by atoms with van der Waals surface area (Å²) in [7, 11) is 0. The van der Waals surface area contributed by atoms with Gasteiger partial charge in [0.25, 0.3) is 5.91 Å². The molecule has 1 atom stereocenters. The lowest BCUT2D eigenvalue weighted by atomic mass is 10.0. The minimum Gasteiger partial charge on any atom is -0.480 e. The van der Waals surface area contributed by atoms with Crippen LogP contribution in [-0.4, -0.2) is 49.3 Å². The summed E-state index contributed by atoms with van der Waals surface area (Å²) < 4.78 is 46.9. The molecule has 24 heavy (non-hydrogen) atoms. The summed E-state index contributed by atoms with van der Waals surface area (Å²) in [4.78, 5) is 14.0. The molecule has 1 aliphatic heterocycles. The van der Waals surface area contributed by atoms with Crippen molar-refractivity contribution < 1.29 is 27.4 Å². The summed E-state index contributed by atoms with van der Waals surface area (Å²) in [5.74, 6) is -0.163. The predicted octanol–water partition coefficient (Wildman–Crippen LogP) is 2.35. The molecular formula is C16H21F3N2O3. The van der Waals surface area contributed by atoms with Crippen LogP contribution in [0, 0.1) is 0 Å². The first-order chi connectivity index (χ1) is 11.4. The van der Waals surface area contributed by atoms with E-state index in [0.717, 1.165) is 19.3 Å². The molecule has 1 unspecified atom stereocenters. The van der Waals surface area contributed by atoms with Gasteiger partial charge in [0.15, 0.2) is 24.7 Å². The van der Waals surface area contributed by atoms with Crippen LogP contribution in [0.4, 0.5) is 13.2 Å². The highest BCUT2D eigenvalue weighted by Crippen LogP contribution is 2.28. The van der Waals surface area contributed by atoms with Gasteiger partial charge in [-0.15, -0.1) is 0 Å². The van der Waals surface area contributed by atoms with Crippen molar-refractivity contribution in [2.45, 2.75) is 31.5 Å². The standard InChI is InChI=1S/C16H21F3N2O3/c17-16(18,19)11-24-14-7-2-1-6-13(14)23-10-15(22)21-8-4-3-5-12(21)9-20/h1-2,6-7,12H,3-5,8-11,20H2. The Balaban J connectivity index is 1.95. The van der Waals surface area contributed by atoms with Gasteiger partial charge in [-0.3, -0.25) is 4.79 Å². The van der Waals surface area contributed by atoms with Crippen LogP contribution in [0.2, 0.25) is 0 Å². The number of halogens is 3. The van der Waals surface area contributed by atoms with E-state index in [1.165, 1.54) is 18.2 Å². The van der Waals surface area contributed by atoms with Crippen LogP contribution in [0.5, 0.6) is 11.5 Å². The third-order valence-electron chi connectivity index (χ3n) is 3.81. The molecule has 0 aliphatic carbocycles. The van der Waals surface area contributed by atoms with Crippen molar-refractivity contribution in [2.24, 2.45) is 5.73 Å². The molecule has 1 fully saturated rings. The van der Waals surface area contributed by atoms with Crippen molar-refractivity contribution in [1.82, 2.24) is 4.90 Å². The quantitative estimate of drug-likeness (QED) is 0.859. The molecule has 2 rings (SSSR count). The Labute approximate surface area is 138 Å². The normalized spacial score (nSPS) is 18.3. The average Bonchev–Trinajstić information content (AvgIpc) is 2.57. The first kappa shape index (κ1) is 18.4. The van der Waals surface area contributed by atoms with Crippen LogP contribution in [0.25, 0.3) is 0 Å². The molecule has 1 aromatic rings. The number of piperidine rings is 1. The molecule has 0 saturated carbocycles. The van der Waals surface area contributed by atoms with E-state index in [-0.39, 0.29) is 30.1 Å². The van der Waals surface area contributed by atoms with Gasteiger partial charge >= 0.3 is 6.18 Å². The number of nitrogens with zero attached hydrogens (tertiary/aromatic N) is 1. The van der Waals surface area contributed by atoms with Gasteiger partial charge < -0.3 is 20.1 Å². The maximum atomic E-state index is 12.3. The summed E-state index contributed by atoms with van der Waals surface area (Å²) in [6.45, 7) is -0.668. The Kier molecular flexibility index (Phi) is 6.30. The van der Waals surface area contributed by atoms with Gasteiger partial charge in [-0.25, -0.2) is 0 Å². The lowest BCUT2D eigenvalue weighted by Gasteiger charge is -2.35. The molecule has 8 heteroatoms. The Hall–Kier alpha value is -1.96. The summed E-state index contributed by atoms with van der Waals surface area (Å²) in [6.07, 6.45) is -1.65. The summed E-state index contributed by atoms with van der Waals surface area (Å²) in [5.41, 5.74) is 5.68. The molecule has 0 spiro atoms. The highest BCUT2D eigenvalue weighted by atomic mass is 19.4. The highest BCUT2D eigenvalue weighted by molar-refractivity contribution is 5.78. The van der Waals surface area contributed by atoms with Crippen LogP contribution in [0.3, 0.4) is 0 Å². The van der Waals surface area contributed by atoms with E-state index >= 15 is 0 Å². The van der Waals surface area contributed by atoms with Crippen LogP contribution in [0.15, 0.2) is 24.3 Å². The van der Waals surface area contributed by atoms with Gasteiger partial charge in [0.1, 0.15) is 0 Å². The molecule has 1 amide bonds. The third kappa shape index (κ3) is 5.30. The number of carbonyl (C=O) groups excluding carboxylic acids is 1. The van der Waals surface area contributed by atoms with E-state index in [1.54, 1.807) is 11.0 Å². The molecule has 1 aliphatic rings. The van der Waals surface area contributed by atoms with Gasteiger partial charge in [-0.2, -0.15) is 13.2 Å². The second-order valence-electron chi connectivity index (χ2n) is 5.61. The molecule has 2 N–H and O–H groups in total. The van der Waals surface area contributed by atoms with E-state index < -0.39 is 12.8 Å². The Morgan fingerprint density at radius 2 is 1.88 bits per heavy atom. The number of likely N-dealkylation sites (tertiary alicyclic amines) is 1. The fourth-order valence-electron chi connectivity index (χ4n) is 2.64. The minimum atomic E-state index is -4.44. The van der Waals surface area contributed by atoms with Crippen LogP contribution < -0.4 is 15.2 Å². The third-order valence-corrected chi connectivity index (χ3v) is 3.81. The fraction of sp³-hybridized carbons (Fsp3) is 0.562. The zero-order valence-corrected chi connectivity index (χ0v) is 13.2. The number of nitrogens with two attached hydrogens (primary N) is 1. The van der Waals surface area contributed by atoms with Crippen LogP contribution in [0.1, 0.15) is 19.3 Å². The Morgan fingerprint density at radius 1 is 1.21 bits per heavy atom. The summed E-state index contributed by atoms with van der Waals surface area (Å²) >= 11 is 0. The first-order valence-electron chi connectivity index (χ1n) is 7.81. The minimum absolute atomic E-state index is 0.00780. The van der Waals surface area contributed by atoms with Gasteiger partial charge in [-0.1, -0.05) is 12.1 Å². The molecule has 0 aromatic heterocycles. The zero-order chi connectivity index (χ0) is 17.6. The number of hydrogen-bond acceptors (Lipinski definition) is 4. The molecule has 1 saturated heterocycles. The molecule has 5 nitrogen and oxygen atoms in total. The van der Waals surface area contributed by atoms with E-state index in [4.69, 9.17) is 15.2 Å². The number of benzene rings is 1. The monoisotopic (exact) mass is 346 g/mol. The van der Waals surface area contributed by atoms with Crippen molar-refractivity contribution in [3.8, 4) is 11.5 Å². The van der Waals surface area contributed by atoms with Crippen LogP contribution in [-0.2, 0) is 4.79 Å². The number of amides is 1. The molecule has 134 valence electrons. The molecular weight excluding hydrogens is 325 g/mol. The number of carbonyl (C=O) groups is 1. The van der Waals surface area contributed by atoms with Gasteiger partial charge in [0.2, 0.25) is 0 Å². The Bertz CT molecular complexity index is 552.